The lowest BCUT2D eigenvalue weighted by Crippen LogP contribution is -2.37. The average molecular weight is 286 g/mol. The summed E-state index contributed by atoms with van der Waals surface area (Å²) >= 11 is 0. The van der Waals surface area contributed by atoms with Gasteiger partial charge in [0.05, 0.1) is 10.6 Å². The molecule has 108 valence electrons. The number of para-hydroxylation sites is 1. The molecular weight excluding hydrogens is 272 g/mol. The van der Waals surface area contributed by atoms with Gasteiger partial charge in [-0.05, 0) is 23.8 Å². The number of benzene rings is 2. The fraction of sp³-hybridized carbons (Fsp3) is 0.0714. The monoisotopic (exact) mass is 286 g/mol. The number of nitrogens with zero attached hydrogens (tertiary/aromatic N) is 2. The predicted molar refractivity (Wildman–Crippen MR) is 78.4 cm³/mol. The first-order valence-electron chi connectivity index (χ1n) is 6.16. The molecule has 0 aliphatic carbocycles. The van der Waals surface area contributed by atoms with E-state index in [1.165, 1.54) is 18.2 Å². The highest BCUT2D eigenvalue weighted by molar-refractivity contribution is 6.07. The number of hydrogen-bond acceptors (Lipinski definition) is 5. The van der Waals surface area contributed by atoms with Crippen molar-refractivity contribution >= 4 is 17.3 Å². The van der Waals surface area contributed by atoms with Crippen molar-refractivity contribution in [1.82, 2.24) is 0 Å². The number of nitrogens with two attached hydrogens (primary N) is 2. The molecule has 21 heavy (non-hydrogen) atoms. The van der Waals surface area contributed by atoms with Crippen molar-refractivity contribution in [3.63, 3.8) is 0 Å². The molecule has 7 nitrogen and oxygen atoms in total. The first-order valence-corrected chi connectivity index (χ1v) is 6.16. The van der Waals surface area contributed by atoms with Crippen LogP contribution in [0.5, 0.6) is 0 Å². The molecule has 0 bridgehead atoms. The van der Waals surface area contributed by atoms with E-state index in [9.17, 15) is 14.9 Å². The smallest absolute Gasteiger partial charge is 0.282 e. The van der Waals surface area contributed by atoms with E-state index in [0.717, 1.165) is 10.6 Å². The van der Waals surface area contributed by atoms with Crippen molar-refractivity contribution in [1.29, 1.82) is 0 Å². The molecule has 2 aromatic carbocycles. The van der Waals surface area contributed by atoms with Crippen molar-refractivity contribution in [2.24, 2.45) is 11.6 Å². The molecule has 4 N–H and O–H groups in total. The standard InChI is InChI=1S/C14H14N4O3/c15-9-10-4-3-5-11(8-10)17(16)14(19)12-6-1-2-7-13(12)18(20)21/h1-8H,9,15-16H2. The highest BCUT2D eigenvalue weighted by atomic mass is 16.6. The fourth-order valence-electron chi connectivity index (χ4n) is 1.89. The minimum atomic E-state index is -0.656. The van der Waals surface area contributed by atoms with E-state index in [2.05, 4.69) is 0 Å². The van der Waals surface area contributed by atoms with Gasteiger partial charge in [-0.3, -0.25) is 14.9 Å². The molecule has 0 aliphatic heterocycles. The molecule has 0 atom stereocenters. The Morgan fingerprint density at radius 1 is 1.19 bits per heavy atom. The maximum Gasteiger partial charge on any atom is 0.282 e. The van der Waals surface area contributed by atoms with E-state index in [-0.39, 0.29) is 11.3 Å². The summed E-state index contributed by atoms with van der Waals surface area (Å²) in [5, 5.41) is 11.8. The van der Waals surface area contributed by atoms with Crippen LogP contribution in [0.1, 0.15) is 15.9 Å². The van der Waals surface area contributed by atoms with Crippen molar-refractivity contribution < 1.29 is 9.72 Å². The second kappa shape index (κ2) is 6.12. The van der Waals surface area contributed by atoms with Gasteiger partial charge in [0.25, 0.3) is 11.6 Å². The first kappa shape index (κ1) is 14.6. The molecule has 0 unspecified atom stereocenters. The van der Waals surface area contributed by atoms with Gasteiger partial charge in [-0.15, -0.1) is 0 Å². The van der Waals surface area contributed by atoms with E-state index in [0.29, 0.717) is 12.2 Å². The van der Waals surface area contributed by atoms with Crippen LogP contribution in [0.4, 0.5) is 11.4 Å². The SMILES string of the molecule is NCc1cccc(N(N)C(=O)c2ccccc2[N+](=O)[O-])c1. The zero-order valence-electron chi connectivity index (χ0n) is 11.1. The normalized spacial score (nSPS) is 10.2. The van der Waals surface area contributed by atoms with Crippen LogP contribution < -0.4 is 16.6 Å². The summed E-state index contributed by atoms with van der Waals surface area (Å²) in [6, 6.07) is 12.5. The van der Waals surface area contributed by atoms with Gasteiger partial charge in [0.2, 0.25) is 0 Å². The number of hydrogen-bond donors (Lipinski definition) is 2. The van der Waals surface area contributed by atoms with Crippen molar-refractivity contribution in [3.8, 4) is 0 Å². The third-order valence-electron chi connectivity index (χ3n) is 2.97. The van der Waals surface area contributed by atoms with E-state index < -0.39 is 10.8 Å². The Morgan fingerprint density at radius 3 is 2.57 bits per heavy atom. The maximum atomic E-state index is 12.3. The van der Waals surface area contributed by atoms with Gasteiger partial charge in [0.1, 0.15) is 5.56 Å². The molecule has 7 heteroatoms. The lowest BCUT2D eigenvalue weighted by atomic mass is 10.1. The van der Waals surface area contributed by atoms with Crippen LogP contribution in [-0.4, -0.2) is 10.8 Å². The predicted octanol–water partition coefficient (Wildman–Crippen LogP) is 1.57. The summed E-state index contributed by atoms with van der Waals surface area (Å²) in [4.78, 5) is 22.7. The maximum absolute atomic E-state index is 12.3. The minimum Gasteiger partial charge on any atom is -0.326 e. The molecule has 0 fully saturated rings. The van der Waals surface area contributed by atoms with Gasteiger partial charge in [0, 0.05) is 12.6 Å². The van der Waals surface area contributed by atoms with Crippen LogP contribution in [0.3, 0.4) is 0 Å². The Labute approximate surface area is 120 Å². The summed E-state index contributed by atoms with van der Waals surface area (Å²) < 4.78 is 0. The van der Waals surface area contributed by atoms with Crippen LogP contribution in [0.2, 0.25) is 0 Å². The summed E-state index contributed by atoms with van der Waals surface area (Å²) in [5.74, 6) is 5.13. The van der Waals surface area contributed by atoms with E-state index >= 15 is 0 Å². The number of nitro groups is 1. The van der Waals surface area contributed by atoms with Crippen LogP contribution in [-0.2, 0) is 6.54 Å². The van der Waals surface area contributed by atoms with Gasteiger partial charge in [0.15, 0.2) is 0 Å². The quantitative estimate of drug-likeness (QED) is 0.383. The summed E-state index contributed by atoms with van der Waals surface area (Å²) in [6.07, 6.45) is 0. The molecular formula is C14H14N4O3. The summed E-state index contributed by atoms with van der Waals surface area (Å²) in [7, 11) is 0. The second-order valence-corrected chi connectivity index (χ2v) is 4.32. The minimum absolute atomic E-state index is 0.0665. The number of amides is 1. The van der Waals surface area contributed by atoms with Gasteiger partial charge in [-0.1, -0.05) is 24.3 Å². The zero-order chi connectivity index (χ0) is 15.4. The molecule has 0 aliphatic rings. The zero-order valence-corrected chi connectivity index (χ0v) is 11.1. The molecule has 0 spiro atoms. The Morgan fingerprint density at radius 2 is 1.90 bits per heavy atom. The van der Waals surface area contributed by atoms with E-state index in [1.54, 1.807) is 30.3 Å². The van der Waals surface area contributed by atoms with Crippen molar-refractivity contribution in [2.45, 2.75) is 6.54 Å². The first-order chi connectivity index (χ1) is 10.0. The third kappa shape index (κ3) is 3.04. The van der Waals surface area contributed by atoms with E-state index in [4.69, 9.17) is 11.6 Å². The topological polar surface area (TPSA) is 115 Å². The Bertz CT molecular complexity index is 687. The van der Waals surface area contributed by atoms with Crippen LogP contribution in [0, 0.1) is 10.1 Å². The molecule has 0 heterocycles. The number of carbonyl (C=O) groups is 1. The second-order valence-electron chi connectivity index (χ2n) is 4.32. The van der Waals surface area contributed by atoms with Gasteiger partial charge in [-0.2, -0.15) is 0 Å². The largest absolute Gasteiger partial charge is 0.326 e. The van der Waals surface area contributed by atoms with Crippen molar-refractivity contribution in [3.05, 3.63) is 69.8 Å². The molecule has 0 saturated heterocycles. The summed E-state index contributed by atoms with van der Waals surface area (Å²) in [5.41, 5.74) is 6.41. The number of nitro benzene ring substituents is 1. The lowest BCUT2D eigenvalue weighted by molar-refractivity contribution is -0.385. The van der Waals surface area contributed by atoms with Gasteiger partial charge >= 0.3 is 0 Å². The van der Waals surface area contributed by atoms with Crippen LogP contribution in [0.25, 0.3) is 0 Å². The molecule has 0 aromatic heterocycles. The third-order valence-corrected chi connectivity index (χ3v) is 2.97. The molecule has 0 radical (unpaired) electrons. The van der Waals surface area contributed by atoms with Crippen LogP contribution >= 0.6 is 0 Å². The van der Waals surface area contributed by atoms with Crippen LogP contribution in [0.15, 0.2) is 48.5 Å². The van der Waals surface area contributed by atoms with Gasteiger partial charge in [-0.25, -0.2) is 10.9 Å². The number of anilines is 1. The molecule has 2 aromatic rings. The number of hydrazine groups is 1. The number of carbonyl (C=O) groups excluding carboxylic acids is 1. The summed E-state index contributed by atoms with van der Waals surface area (Å²) in [6.45, 7) is 0.307. The fourth-order valence-corrected chi connectivity index (χ4v) is 1.89. The highest BCUT2D eigenvalue weighted by Gasteiger charge is 2.23. The lowest BCUT2D eigenvalue weighted by Gasteiger charge is -2.17. The van der Waals surface area contributed by atoms with Gasteiger partial charge < -0.3 is 5.73 Å². The molecule has 0 saturated carbocycles. The number of rotatable bonds is 4. The Balaban J connectivity index is 2.37. The molecule has 1 amide bonds. The highest BCUT2D eigenvalue weighted by Crippen LogP contribution is 2.22. The average Bonchev–Trinajstić information content (AvgIpc) is 2.53. The van der Waals surface area contributed by atoms with E-state index in [1.807, 2.05) is 0 Å². The molecule has 2 rings (SSSR count). The Hall–Kier alpha value is -2.77. The van der Waals surface area contributed by atoms with Crippen molar-refractivity contribution in [2.75, 3.05) is 5.01 Å². The Kier molecular flexibility index (Phi) is 4.27.